The smallest absolute Gasteiger partial charge is 0.408 e. The van der Waals surface area contributed by atoms with Crippen molar-refractivity contribution in [3.05, 3.63) is 70.8 Å². The van der Waals surface area contributed by atoms with Gasteiger partial charge in [-0.05, 0) is 36.2 Å². The summed E-state index contributed by atoms with van der Waals surface area (Å²) in [7, 11) is 0. The summed E-state index contributed by atoms with van der Waals surface area (Å²) in [5, 5.41) is 3.90. The van der Waals surface area contributed by atoms with Gasteiger partial charge in [0, 0.05) is 18.0 Å². The van der Waals surface area contributed by atoms with Gasteiger partial charge >= 0.3 is 5.76 Å². The van der Waals surface area contributed by atoms with Crippen molar-refractivity contribution in [1.29, 1.82) is 0 Å². The van der Waals surface area contributed by atoms with Crippen LogP contribution in [-0.2, 0) is 11.2 Å². The molecular formula is C19H15N3O3. The molecule has 0 aliphatic carbocycles. The van der Waals surface area contributed by atoms with Crippen LogP contribution < -0.4 is 11.1 Å². The predicted molar refractivity (Wildman–Crippen MR) is 95.5 cm³/mol. The lowest BCUT2D eigenvalue weighted by molar-refractivity contribution is -0.116. The van der Waals surface area contributed by atoms with Gasteiger partial charge in [-0.3, -0.25) is 14.8 Å². The van der Waals surface area contributed by atoms with Crippen LogP contribution in [0, 0.1) is 0 Å². The Morgan fingerprint density at radius 1 is 1.16 bits per heavy atom. The highest BCUT2D eigenvalue weighted by atomic mass is 16.4. The third-order valence-corrected chi connectivity index (χ3v) is 4.03. The van der Waals surface area contributed by atoms with Gasteiger partial charge in [0.15, 0.2) is 5.58 Å². The molecule has 0 saturated heterocycles. The first-order chi connectivity index (χ1) is 12.2. The van der Waals surface area contributed by atoms with Crippen LogP contribution in [0.5, 0.6) is 0 Å². The first-order valence-corrected chi connectivity index (χ1v) is 7.94. The van der Waals surface area contributed by atoms with Crippen molar-refractivity contribution in [3.8, 4) is 0 Å². The fraction of sp³-hybridized carbons (Fsp3) is 0.105. The molecule has 124 valence electrons. The van der Waals surface area contributed by atoms with Crippen LogP contribution in [0.15, 0.2) is 63.9 Å². The second-order valence-corrected chi connectivity index (χ2v) is 5.77. The Hall–Kier alpha value is -3.41. The molecule has 0 spiro atoms. The van der Waals surface area contributed by atoms with E-state index >= 15 is 0 Å². The molecule has 25 heavy (non-hydrogen) atoms. The molecular weight excluding hydrogens is 318 g/mol. The van der Waals surface area contributed by atoms with E-state index in [0.717, 1.165) is 16.5 Å². The number of pyridine rings is 1. The lowest BCUT2D eigenvalue weighted by Gasteiger charge is -2.08. The molecule has 1 amide bonds. The maximum atomic E-state index is 12.3. The molecule has 6 nitrogen and oxygen atoms in total. The summed E-state index contributed by atoms with van der Waals surface area (Å²) in [5.74, 6) is -0.563. The van der Waals surface area contributed by atoms with Gasteiger partial charge in [0.05, 0.1) is 16.7 Å². The van der Waals surface area contributed by atoms with Gasteiger partial charge in [0.1, 0.15) is 0 Å². The number of benzene rings is 2. The molecule has 4 aromatic rings. The van der Waals surface area contributed by atoms with E-state index in [4.69, 9.17) is 4.42 Å². The predicted octanol–water partition coefficient (Wildman–Crippen LogP) is 3.24. The van der Waals surface area contributed by atoms with E-state index in [0.29, 0.717) is 29.6 Å². The number of aromatic nitrogens is 2. The first kappa shape index (κ1) is 15.1. The van der Waals surface area contributed by atoms with Crippen LogP contribution in [-0.4, -0.2) is 15.9 Å². The highest BCUT2D eigenvalue weighted by Gasteiger charge is 2.08. The van der Waals surface area contributed by atoms with Crippen LogP contribution in [0.2, 0.25) is 0 Å². The lowest BCUT2D eigenvalue weighted by atomic mass is 10.1. The molecule has 0 unspecified atom stereocenters. The Bertz CT molecular complexity index is 1120. The average Bonchev–Trinajstić information content (AvgIpc) is 2.99. The van der Waals surface area contributed by atoms with Crippen molar-refractivity contribution in [1.82, 2.24) is 9.97 Å². The minimum atomic E-state index is -0.478. The van der Waals surface area contributed by atoms with Gasteiger partial charge in [-0.15, -0.1) is 0 Å². The summed E-state index contributed by atoms with van der Waals surface area (Å²) >= 11 is 0. The Labute approximate surface area is 142 Å². The molecule has 2 N–H and O–H groups in total. The number of oxazole rings is 1. The molecule has 0 bridgehead atoms. The van der Waals surface area contributed by atoms with Gasteiger partial charge in [0.2, 0.25) is 5.91 Å². The zero-order valence-electron chi connectivity index (χ0n) is 13.3. The number of fused-ring (bicyclic) bond motifs is 2. The second-order valence-electron chi connectivity index (χ2n) is 5.77. The number of nitrogens with zero attached hydrogens (tertiary/aromatic N) is 1. The third kappa shape index (κ3) is 3.14. The number of para-hydroxylation sites is 1. The summed E-state index contributed by atoms with van der Waals surface area (Å²) in [5.41, 5.74) is 3.59. The van der Waals surface area contributed by atoms with Crippen LogP contribution in [0.1, 0.15) is 12.0 Å². The molecule has 4 rings (SSSR count). The molecule has 6 heteroatoms. The highest BCUT2D eigenvalue weighted by molar-refractivity contribution is 6.00. The molecule has 0 aliphatic rings. The van der Waals surface area contributed by atoms with E-state index in [1.165, 1.54) is 0 Å². The number of carbonyl (C=O) groups is 1. The Kier molecular flexibility index (Phi) is 3.78. The minimum Gasteiger partial charge on any atom is -0.408 e. The van der Waals surface area contributed by atoms with Crippen LogP contribution >= 0.6 is 0 Å². The van der Waals surface area contributed by atoms with E-state index in [9.17, 15) is 9.59 Å². The average molecular weight is 333 g/mol. The third-order valence-electron chi connectivity index (χ3n) is 4.03. The van der Waals surface area contributed by atoms with Crippen molar-refractivity contribution in [3.63, 3.8) is 0 Å². The van der Waals surface area contributed by atoms with Crippen LogP contribution in [0.4, 0.5) is 5.69 Å². The lowest BCUT2D eigenvalue weighted by Crippen LogP contribution is -2.12. The summed E-state index contributed by atoms with van der Waals surface area (Å²) in [6.45, 7) is 0. The number of anilines is 1. The van der Waals surface area contributed by atoms with Crippen molar-refractivity contribution < 1.29 is 9.21 Å². The fourth-order valence-electron chi connectivity index (χ4n) is 2.83. The summed E-state index contributed by atoms with van der Waals surface area (Å²) < 4.78 is 4.97. The normalized spacial score (nSPS) is 11.0. The largest absolute Gasteiger partial charge is 0.417 e. The Balaban J connectivity index is 1.47. The van der Waals surface area contributed by atoms with Gasteiger partial charge in [-0.25, -0.2) is 4.79 Å². The van der Waals surface area contributed by atoms with Crippen molar-refractivity contribution >= 4 is 33.6 Å². The number of amides is 1. The number of carbonyl (C=O) groups excluding carboxylic acids is 1. The van der Waals surface area contributed by atoms with Gasteiger partial charge < -0.3 is 9.73 Å². The molecule has 2 heterocycles. The summed E-state index contributed by atoms with van der Waals surface area (Å²) in [6.07, 6.45) is 2.60. The maximum Gasteiger partial charge on any atom is 0.417 e. The molecule has 0 fully saturated rings. The number of hydrogen-bond donors (Lipinski definition) is 2. The highest BCUT2D eigenvalue weighted by Crippen LogP contribution is 2.21. The second kappa shape index (κ2) is 6.24. The SMILES string of the molecule is O=C(CCc1ccc2oc(=O)[nH]c2c1)Nc1cccc2cccnc12. The Morgan fingerprint density at radius 3 is 2.96 bits per heavy atom. The molecule has 2 aromatic heterocycles. The van der Waals surface area contributed by atoms with E-state index in [-0.39, 0.29) is 5.91 Å². The quantitative estimate of drug-likeness (QED) is 0.600. The van der Waals surface area contributed by atoms with Crippen molar-refractivity contribution in [2.24, 2.45) is 0 Å². The zero-order chi connectivity index (χ0) is 17.2. The Morgan fingerprint density at radius 2 is 2.04 bits per heavy atom. The minimum absolute atomic E-state index is 0.0843. The summed E-state index contributed by atoms with van der Waals surface area (Å²) in [4.78, 5) is 30.4. The number of hydrogen-bond acceptors (Lipinski definition) is 4. The molecule has 0 radical (unpaired) electrons. The number of rotatable bonds is 4. The van der Waals surface area contributed by atoms with E-state index in [2.05, 4.69) is 15.3 Å². The van der Waals surface area contributed by atoms with E-state index < -0.39 is 5.76 Å². The number of nitrogens with one attached hydrogen (secondary N) is 2. The molecule has 0 saturated carbocycles. The fourth-order valence-corrected chi connectivity index (χ4v) is 2.83. The standard InChI is InChI=1S/C19H15N3O3/c23-17(21-14-5-1-3-13-4-2-10-20-18(13)14)9-7-12-6-8-16-15(11-12)22-19(24)25-16/h1-6,8,10-11H,7,9H2,(H,21,23)(H,22,24). The first-order valence-electron chi connectivity index (χ1n) is 7.94. The van der Waals surface area contributed by atoms with E-state index in [1.54, 1.807) is 12.3 Å². The maximum absolute atomic E-state index is 12.3. The van der Waals surface area contributed by atoms with Crippen LogP contribution in [0.3, 0.4) is 0 Å². The van der Waals surface area contributed by atoms with Crippen molar-refractivity contribution in [2.45, 2.75) is 12.8 Å². The number of aryl methyl sites for hydroxylation is 1. The topological polar surface area (TPSA) is 88.0 Å². The molecule has 0 atom stereocenters. The number of aromatic amines is 1. The monoisotopic (exact) mass is 333 g/mol. The van der Waals surface area contributed by atoms with Crippen molar-refractivity contribution in [2.75, 3.05) is 5.32 Å². The van der Waals surface area contributed by atoms with Gasteiger partial charge in [-0.1, -0.05) is 24.3 Å². The summed E-state index contributed by atoms with van der Waals surface area (Å²) in [6, 6.07) is 14.9. The van der Waals surface area contributed by atoms with Gasteiger partial charge in [-0.2, -0.15) is 0 Å². The molecule has 0 aliphatic heterocycles. The number of H-pyrrole nitrogens is 1. The van der Waals surface area contributed by atoms with Crippen LogP contribution in [0.25, 0.3) is 22.0 Å². The van der Waals surface area contributed by atoms with Gasteiger partial charge in [0.25, 0.3) is 0 Å². The van der Waals surface area contributed by atoms with E-state index in [1.807, 2.05) is 42.5 Å². The zero-order valence-corrected chi connectivity index (χ0v) is 13.3. The molecule has 2 aromatic carbocycles.